The van der Waals surface area contributed by atoms with E-state index in [-0.39, 0.29) is 0 Å². The minimum absolute atomic E-state index is 0.598. The first-order valence-electron chi connectivity index (χ1n) is 7.84. The summed E-state index contributed by atoms with van der Waals surface area (Å²) in [5, 5.41) is 11.4. The molecule has 6 heteroatoms. The third kappa shape index (κ3) is 4.25. The average molecular weight is 320 g/mol. The number of likely N-dealkylation sites (N-methyl/N-ethyl adjacent to an activating group) is 1. The van der Waals surface area contributed by atoms with Crippen LogP contribution >= 0.6 is 0 Å². The Morgan fingerprint density at radius 1 is 1.04 bits per heavy atom. The molecule has 0 aliphatic rings. The van der Waals surface area contributed by atoms with Crippen molar-refractivity contribution in [1.82, 2.24) is 20.2 Å². The summed E-state index contributed by atoms with van der Waals surface area (Å²) in [7, 11) is 1.97. The molecule has 3 aromatic rings. The van der Waals surface area contributed by atoms with Crippen molar-refractivity contribution in [2.45, 2.75) is 13.3 Å². The van der Waals surface area contributed by atoms with Crippen molar-refractivity contribution in [2.24, 2.45) is 0 Å². The maximum atomic E-state index is 4.53. The van der Waals surface area contributed by atoms with Crippen LogP contribution < -0.4 is 10.2 Å². The van der Waals surface area contributed by atoms with Gasteiger partial charge in [0.05, 0.1) is 6.20 Å². The predicted octanol–water partition coefficient (Wildman–Crippen LogP) is 3.00. The van der Waals surface area contributed by atoms with E-state index in [1.165, 1.54) is 11.1 Å². The molecule has 0 radical (unpaired) electrons. The molecule has 2 heterocycles. The molecule has 0 bridgehead atoms. The lowest BCUT2D eigenvalue weighted by Crippen LogP contribution is -2.23. The largest absolute Gasteiger partial charge is 0.342 e. The maximum absolute atomic E-state index is 4.53. The standard InChI is InChI=1S/C18H20N6/c1-14-3-5-16(6-4-14)21-17-13-20-23-18(22-17)24(2)12-9-15-7-10-19-11-8-15/h3-8,10-11,13H,9,12H2,1-2H3,(H,21,22,23). The minimum Gasteiger partial charge on any atom is -0.342 e. The van der Waals surface area contributed by atoms with Crippen LogP contribution in [0.15, 0.2) is 55.0 Å². The normalized spacial score (nSPS) is 10.4. The first-order valence-corrected chi connectivity index (χ1v) is 7.84. The van der Waals surface area contributed by atoms with Crippen molar-refractivity contribution in [2.75, 3.05) is 23.8 Å². The number of pyridine rings is 1. The van der Waals surface area contributed by atoms with E-state index < -0.39 is 0 Å². The molecule has 1 aromatic carbocycles. The van der Waals surface area contributed by atoms with Crippen molar-refractivity contribution >= 4 is 17.5 Å². The summed E-state index contributed by atoms with van der Waals surface area (Å²) in [6.07, 6.45) is 6.14. The lowest BCUT2D eigenvalue weighted by molar-refractivity contribution is 0.812. The van der Waals surface area contributed by atoms with Crippen LogP contribution in [0.4, 0.5) is 17.5 Å². The van der Waals surface area contributed by atoms with Crippen LogP contribution in [0.2, 0.25) is 0 Å². The highest BCUT2D eigenvalue weighted by Gasteiger charge is 2.07. The second-order valence-corrected chi connectivity index (χ2v) is 5.66. The molecule has 122 valence electrons. The third-order valence-corrected chi connectivity index (χ3v) is 3.70. The van der Waals surface area contributed by atoms with Crippen LogP contribution in [0.5, 0.6) is 0 Å². The summed E-state index contributed by atoms with van der Waals surface area (Å²) in [5.74, 6) is 1.28. The lowest BCUT2D eigenvalue weighted by Gasteiger charge is -2.17. The SMILES string of the molecule is Cc1ccc(Nc2cnnc(N(C)CCc3ccncc3)n2)cc1. The van der Waals surface area contributed by atoms with Gasteiger partial charge in [-0.25, -0.2) is 0 Å². The Hall–Kier alpha value is -3.02. The molecular weight excluding hydrogens is 300 g/mol. The zero-order chi connectivity index (χ0) is 16.8. The van der Waals surface area contributed by atoms with E-state index in [2.05, 4.69) is 44.5 Å². The van der Waals surface area contributed by atoms with Gasteiger partial charge in [-0.05, 0) is 43.2 Å². The van der Waals surface area contributed by atoms with E-state index in [1.807, 2.05) is 36.2 Å². The van der Waals surface area contributed by atoms with E-state index in [1.54, 1.807) is 18.6 Å². The van der Waals surface area contributed by atoms with Crippen LogP contribution in [0.25, 0.3) is 0 Å². The molecule has 6 nitrogen and oxygen atoms in total. The van der Waals surface area contributed by atoms with Crippen LogP contribution in [0.1, 0.15) is 11.1 Å². The number of hydrogen-bond acceptors (Lipinski definition) is 6. The molecule has 0 atom stereocenters. The number of anilines is 3. The Labute approximate surface area is 141 Å². The van der Waals surface area contributed by atoms with E-state index in [9.17, 15) is 0 Å². The summed E-state index contributed by atoms with van der Waals surface area (Å²) in [6.45, 7) is 2.87. The second-order valence-electron chi connectivity index (χ2n) is 5.66. The number of nitrogens with zero attached hydrogens (tertiary/aromatic N) is 5. The van der Waals surface area contributed by atoms with Crippen molar-refractivity contribution < 1.29 is 0 Å². The smallest absolute Gasteiger partial charge is 0.247 e. The number of aromatic nitrogens is 4. The minimum atomic E-state index is 0.598. The van der Waals surface area contributed by atoms with Crippen molar-refractivity contribution in [3.63, 3.8) is 0 Å². The van der Waals surface area contributed by atoms with Gasteiger partial charge >= 0.3 is 0 Å². The van der Waals surface area contributed by atoms with Gasteiger partial charge in [0, 0.05) is 31.7 Å². The van der Waals surface area contributed by atoms with Crippen LogP contribution in [-0.2, 0) is 6.42 Å². The van der Waals surface area contributed by atoms with Gasteiger partial charge in [0.2, 0.25) is 5.95 Å². The van der Waals surface area contributed by atoms with Crippen molar-refractivity contribution in [1.29, 1.82) is 0 Å². The predicted molar refractivity (Wildman–Crippen MR) is 95.5 cm³/mol. The monoisotopic (exact) mass is 320 g/mol. The van der Waals surface area contributed by atoms with Gasteiger partial charge in [-0.15, -0.1) is 5.10 Å². The Morgan fingerprint density at radius 3 is 2.54 bits per heavy atom. The highest BCUT2D eigenvalue weighted by atomic mass is 15.3. The summed E-state index contributed by atoms with van der Waals surface area (Å²) in [5.41, 5.74) is 3.43. The Morgan fingerprint density at radius 2 is 1.79 bits per heavy atom. The van der Waals surface area contributed by atoms with Crippen LogP contribution in [0.3, 0.4) is 0 Å². The molecular formula is C18H20N6. The molecule has 2 aromatic heterocycles. The molecule has 0 spiro atoms. The molecule has 3 rings (SSSR count). The zero-order valence-corrected chi connectivity index (χ0v) is 13.8. The van der Waals surface area contributed by atoms with Crippen molar-refractivity contribution in [3.8, 4) is 0 Å². The average Bonchev–Trinajstić information content (AvgIpc) is 2.63. The fraction of sp³-hybridized carbons (Fsp3) is 0.222. The Balaban J connectivity index is 1.64. The van der Waals surface area contributed by atoms with Gasteiger partial charge in [0.1, 0.15) is 0 Å². The highest BCUT2D eigenvalue weighted by molar-refractivity contribution is 5.56. The first kappa shape index (κ1) is 15.9. The van der Waals surface area contributed by atoms with Gasteiger partial charge < -0.3 is 10.2 Å². The molecule has 0 saturated carbocycles. The highest BCUT2D eigenvalue weighted by Crippen LogP contribution is 2.16. The molecule has 24 heavy (non-hydrogen) atoms. The number of rotatable bonds is 6. The Bertz CT molecular complexity index is 773. The fourth-order valence-corrected chi connectivity index (χ4v) is 2.25. The quantitative estimate of drug-likeness (QED) is 0.753. The van der Waals surface area contributed by atoms with Crippen molar-refractivity contribution in [3.05, 3.63) is 66.1 Å². The van der Waals surface area contributed by atoms with E-state index >= 15 is 0 Å². The second kappa shape index (κ2) is 7.50. The number of aryl methyl sites for hydroxylation is 1. The fourth-order valence-electron chi connectivity index (χ4n) is 2.25. The third-order valence-electron chi connectivity index (χ3n) is 3.70. The number of benzene rings is 1. The Kier molecular flexibility index (Phi) is 4.96. The zero-order valence-electron chi connectivity index (χ0n) is 13.8. The van der Waals surface area contributed by atoms with E-state index in [0.29, 0.717) is 11.8 Å². The first-order chi connectivity index (χ1) is 11.7. The summed E-state index contributed by atoms with van der Waals surface area (Å²) < 4.78 is 0. The molecule has 0 unspecified atom stereocenters. The molecule has 0 aliphatic carbocycles. The number of nitrogens with one attached hydrogen (secondary N) is 1. The topological polar surface area (TPSA) is 66.8 Å². The molecule has 1 N–H and O–H groups in total. The molecule has 0 fully saturated rings. The van der Waals surface area contributed by atoms with E-state index in [0.717, 1.165) is 18.7 Å². The molecule has 0 saturated heterocycles. The summed E-state index contributed by atoms with van der Waals surface area (Å²) in [4.78, 5) is 10.6. The van der Waals surface area contributed by atoms with Gasteiger partial charge in [0.15, 0.2) is 5.82 Å². The van der Waals surface area contributed by atoms with E-state index in [4.69, 9.17) is 0 Å². The van der Waals surface area contributed by atoms with Crippen LogP contribution in [-0.4, -0.2) is 33.8 Å². The molecule has 0 amide bonds. The van der Waals surface area contributed by atoms with Crippen LogP contribution in [0, 0.1) is 6.92 Å². The van der Waals surface area contributed by atoms with Gasteiger partial charge in [-0.1, -0.05) is 17.7 Å². The van der Waals surface area contributed by atoms with Gasteiger partial charge in [-0.2, -0.15) is 10.1 Å². The molecule has 0 aliphatic heterocycles. The maximum Gasteiger partial charge on any atom is 0.247 e. The number of hydrogen-bond donors (Lipinski definition) is 1. The summed E-state index contributed by atoms with van der Waals surface area (Å²) >= 11 is 0. The lowest BCUT2D eigenvalue weighted by atomic mass is 10.2. The summed E-state index contributed by atoms with van der Waals surface area (Å²) in [6, 6.07) is 12.2. The van der Waals surface area contributed by atoms with Gasteiger partial charge in [-0.3, -0.25) is 4.98 Å². The van der Waals surface area contributed by atoms with Gasteiger partial charge in [0.25, 0.3) is 0 Å².